The number of nitrogens with one attached hydrogen (secondary N) is 1. The molecule has 0 bridgehead atoms. The van der Waals surface area contributed by atoms with Crippen LogP contribution >= 0.6 is 0 Å². The van der Waals surface area contributed by atoms with E-state index >= 15 is 0 Å². The number of aromatic hydroxyl groups is 1. The average Bonchev–Trinajstić information content (AvgIpc) is 2.71. The molecule has 0 saturated carbocycles. The van der Waals surface area contributed by atoms with E-state index in [1.165, 1.54) is 0 Å². The van der Waals surface area contributed by atoms with Crippen LogP contribution in [-0.2, 0) is 6.42 Å². The van der Waals surface area contributed by atoms with Crippen LogP contribution in [0, 0.1) is 0 Å². The zero-order chi connectivity index (χ0) is 20.2. The maximum absolute atomic E-state index is 12.5. The fraction of sp³-hybridized carbons (Fsp3) is 0.348. The number of benzene rings is 2. The molecule has 5 heteroatoms. The molecule has 0 saturated heterocycles. The molecule has 0 fully saturated rings. The van der Waals surface area contributed by atoms with Crippen molar-refractivity contribution in [2.75, 3.05) is 19.8 Å². The van der Waals surface area contributed by atoms with E-state index in [0.29, 0.717) is 43.2 Å². The monoisotopic (exact) mass is 383 g/mol. The molecule has 0 spiro atoms. The molecule has 2 aromatic rings. The third-order valence-corrected chi connectivity index (χ3v) is 4.20. The van der Waals surface area contributed by atoms with E-state index in [-0.39, 0.29) is 11.7 Å². The lowest BCUT2D eigenvalue weighted by atomic mass is 10.1. The first-order chi connectivity index (χ1) is 13.6. The highest BCUT2D eigenvalue weighted by molar-refractivity contribution is 5.94. The molecule has 0 radical (unpaired) electrons. The van der Waals surface area contributed by atoms with E-state index in [4.69, 9.17) is 9.47 Å². The second-order valence-corrected chi connectivity index (χ2v) is 6.49. The summed E-state index contributed by atoms with van der Waals surface area (Å²) in [7, 11) is 0. The van der Waals surface area contributed by atoms with Crippen molar-refractivity contribution in [1.82, 2.24) is 5.32 Å². The number of carbonyl (C=O) groups excluding carboxylic acids is 1. The number of hydrogen-bond acceptors (Lipinski definition) is 4. The van der Waals surface area contributed by atoms with Gasteiger partial charge in [0.15, 0.2) is 11.5 Å². The Hall–Kier alpha value is -2.95. The number of hydrogen-bond donors (Lipinski definition) is 2. The molecule has 28 heavy (non-hydrogen) atoms. The summed E-state index contributed by atoms with van der Waals surface area (Å²) in [6.45, 7) is 7.27. The summed E-state index contributed by atoms with van der Waals surface area (Å²) >= 11 is 0. The lowest BCUT2D eigenvalue weighted by molar-refractivity contribution is 0.0953. The highest BCUT2D eigenvalue weighted by Gasteiger charge is 2.12. The van der Waals surface area contributed by atoms with Crippen molar-refractivity contribution in [2.45, 2.75) is 32.6 Å². The number of rotatable bonds is 12. The smallest absolute Gasteiger partial charge is 0.251 e. The van der Waals surface area contributed by atoms with Crippen LogP contribution in [0.4, 0.5) is 0 Å². The number of amides is 1. The van der Waals surface area contributed by atoms with Gasteiger partial charge < -0.3 is 19.9 Å². The molecule has 0 atom stereocenters. The van der Waals surface area contributed by atoms with Gasteiger partial charge in [0, 0.05) is 12.1 Å². The Morgan fingerprint density at radius 2 is 1.89 bits per heavy atom. The van der Waals surface area contributed by atoms with Gasteiger partial charge in [0.25, 0.3) is 5.91 Å². The molecule has 0 unspecified atom stereocenters. The van der Waals surface area contributed by atoms with Crippen LogP contribution in [0.25, 0.3) is 0 Å². The van der Waals surface area contributed by atoms with Crippen LogP contribution < -0.4 is 14.8 Å². The Kier molecular flexibility index (Phi) is 8.92. The van der Waals surface area contributed by atoms with Gasteiger partial charge in [-0.15, -0.1) is 0 Å². The lowest BCUT2D eigenvalue weighted by Crippen LogP contribution is -2.25. The fourth-order valence-corrected chi connectivity index (χ4v) is 2.65. The van der Waals surface area contributed by atoms with Gasteiger partial charge >= 0.3 is 0 Å². The first-order valence-corrected chi connectivity index (χ1v) is 9.70. The average molecular weight is 383 g/mol. The minimum absolute atomic E-state index is 0.160. The number of ether oxygens (including phenoxy) is 2. The zero-order valence-corrected chi connectivity index (χ0v) is 16.4. The van der Waals surface area contributed by atoms with Gasteiger partial charge in [0.05, 0.1) is 6.61 Å². The van der Waals surface area contributed by atoms with E-state index in [1.54, 1.807) is 36.4 Å². The van der Waals surface area contributed by atoms with E-state index in [2.05, 4.69) is 18.8 Å². The first kappa shape index (κ1) is 21.4. The molecule has 150 valence electrons. The first-order valence-electron chi connectivity index (χ1n) is 9.70. The number of unbranched alkanes of at least 4 members (excludes halogenated alkanes) is 2. The van der Waals surface area contributed by atoms with Crippen molar-refractivity contribution in [3.05, 3.63) is 66.2 Å². The van der Waals surface area contributed by atoms with Crippen molar-refractivity contribution in [1.29, 1.82) is 0 Å². The Bertz CT molecular complexity index is 756. The van der Waals surface area contributed by atoms with E-state index < -0.39 is 0 Å². The van der Waals surface area contributed by atoms with Gasteiger partial charge in [-0.25, -0.2) is 0 Å². The predicted octanol–water partition coefficient (Wildman–Crippen LogP) is 4.50. The molecule has 2 rings (SSSR count). The van der Waals surface area contributed by atoms with Gasteiger partial charge in [0.1, 0.15) is 12.4 Å². The SMILES string of the molecule is C=CCOc1ccc(C(=O)NCCc2ccc(O)cc2)cc1OCCCCC. The van der Waals surface area contributed by atoms with Crippen LogP contribution in [0.15, 0.2) is 55.1 Å². The summed E-state index contributed by atoms with van der Waals surface area (Å²) in [5, 5.41) is 12.2. The summed E-state index contributed by atoms with van der Waals surface area (Å²) in [6, 6.07) is 12.2. The molecule has 0 aromatic heterocycles. The predicted molar refractivity (Wildman–Crippen MR) is 111 cm³/mol. The Balaban J connectivity index is 1.96. The van der Waals surface area contributed by atoms with Crippen molar-refractivity contribution < 1.29 is 19.4 Å². The summed E-state index contributed by atoms with van der Waals surface area (Å²) in [5.74, 6) is 1.26. The van der Waals surface area contributed by atoms with Crippen LogP contribution in [0.1, 0.15) is 42.1 Å². The molecule has 2 N–H and O–H groups in total. The Labute approximate surface area is 167 Å². The highest BCUT2D eigenvalue weighted by atomic mass is 16.5. The molecular weight excluding hydrogens is 354 g/mol. The molecule has 5 nitrogen and oxygen atoms in total. The number of phenols is 1. The fourth-order valence-electron chi connectivity index (χ4n) is 2.65. The summed E-state index contributed by atoms with van der Waals surface area (Å²) in [5.41, 5.74) is 1.58. The van der Waals surface area contributed by atoms with Crippen molar-refractivity contribution in [3.8, 4) is 17.2 Å². The third-order valence-electron chi connectivity index (χ3n) is 4.20. The van der Waals surface area contributed by atoms with Crippen LogP contribution in [-0.4, -0.2) is 30.8 Å². The lowest BCUT2D eigenvalue weighted by Gasteiger charge is -2.13. The molecule has 1 amide bonds. The van der Waals surface area contributed by atoms with Gasteiger partial charge in [-0.3, -0.25) is 4.79 Å². The quantitative estimate of drug-likeness (QED) is 0.418. The van der Waals surface area contributed by atoms with Gasteiger partial charge in [0.2, 0.25) is 0 Å². The van der Waals surface area contributed by atoms with E-state index in [1.807, 2.05) is 12.1 Å². The highest BCUT2D eigenvalue weighted by Crippen LogP contribution is 2.29. The van der Waals surface area contributed by atoms with Crippen molar-refractivity contribution >= 4 is 5.91 Å². The standard InChI is InChI=1S/C23H29NO4/c1-3-5-6-16-28-22-17-19(9-12-21(22)27-15-4-2)23(26)24-14-13-18-7-10-20(25)11-8-18/h4,7-12,17,25H,2-3,5-6,13-16H2,1H3,(H,24,26). The second-order valence-electron chi connectivity index (χ2n) is 6.49. The minimum Gasteiger partial charge on any atom is -0.508 e. The van der Waals surface area contributed by atoms with E-state index in [0.717, 1.165) is 24.8 Å². The third kappa shape index (κ3) is 6.99. The van der Waals surface area contributed by atoms with Crippen molar-refractivity contribution in [3.63, 3.8) is 0 Å². The van der Waals surface area contributed by atoms with Crippen LogP contribution in [0.2, 0.25) is 0 Å². The molecular formula is C23H29NO4. The van der Waals surface area contributed by atoms with Crippen LogP contribution in [0.5, 0.6) is 17.2 Å². The van der Waals surface area contributed by atoms with E-state index in [9.17, 15) is 9.90 Å². The van der Waals surface area contributed by atoms with Crippen molar-refractivity contribution in [2.24, 2.45) is 0 Å². The number of carbonyl (C=O) groups is 1. The van der Waals surface area contributed by atoms with Gasteiger partial charge in [-0.05, 0) is 48.7 Å². The Morgan fingerprint density at radius 3 is 2.61 bits per heavy atom. The molecule has 0 aliphatic rings. The Morgan fingerprint density at radius 1 is 1.11 bits per heavy atom. The molecule has 0 heterocycles. The molecule has 0 aliphatic carbocycles. The summed E-state index contributed by atoms with van der Waals surface area (Å²) < 4.78 is 11.5. The topological polar surface area (TPSA) is 67.8 Å². The summed E-state index contributed by atoms with van der Waals surface area (Å²) in [4.78, 5) is 12.5. The minimum atomic E-state index is -0.160. The molecule has 2 aromatic carbocycles. The second kappa shape index (κ2) is 11.7. The summed E-state index contributed by atoms with van der Waals surface area (Å²) in [6.07, 6.45) is 5.53. The van der Waals surface area contributed by atoms with Crippen LogP contribution in [0.3, 0.4) is 0 Å². The normalized spacial score (nSPS) is 10.3. The maximum atomic E-state index is 12.5. The number of phenolic OH excluding ortho intramolecular Hbond substituents is 1. The largest absolute Gasteiger partial charge is 0.508 e. The maximum Gasteiger partial charge on any atom is 0.251 e. The van der Waals surface area contributed by atoms with Gasteiger partial charge in [-0.1, -0.05) is 44.6 Å². The molecule has 0 aliphatic heterocycles. The zero-order valence-electron chi connectivity index (χ0n) is 16.4. The van der Waals surface area contributed by atoms with Gasteiger partial charge in [-0.2, -0.15) is 0 Å².